The second-order valence-electron chi connectivity index (χ2n) is 4.48. The van der Waals surface area contributed by atoms with E-state index in [1.165, 1.54) is 11.3 Å². The van der Waals surface area contributed by atoms with E-state index < -0.39 is 0 Å². The molecule has 2 rings (SSSR count). The Kier molecular flexibility index (Phi) is 3.77. The van der Waals surface area contributed by atoms with Gasteiger partial charge in [-0.1, -0.05) is 6.07 Å². The molecule has 0 aliphatic carbocycles. The highest BCUT2D eigenvalue weighted by molar-refractivity contribution is 7.09. The van der Waals surface area contributed by atoms with Crippen molar-refractivity contribution in [1.82, 2.24) is 4.98 Å². The molecule has 0 aliphatic heterocycles. The van der Waals surface area contributed by atoms with Gasteiger partial charge in [-0.2, -0.15) is 0 Å². The number of anilines is 1. The molecule has 1 aromatic carbocycles. The standard InChI is InChI=1S/C14H16N2OS/c1-9-4-10(2)6-12(5-9)16-13(17)7-14-15-11(3)8-18-14/h4-6,8H,7H2,1-3H3,(H,16,17). The maximum absolute atomic E-state index is 11.9. The lowest BCUT2D eigenvalue weighted by molar-refractivity contribution is -0.115. The maximum Gasteiger partial charge on any atom is 0.231 e. The number of nitrogens with zero attached hydrogens (tertiary/aromatic N) is 1. The zero-order valence-corrected chi connectivity index (χ0v) is 11.6. The van der Waals surface area contributed by atoms with Crippen molar-refractivity contribution in [2.45, 2.75) is 27.2 Å². The van der Waals surface area contributed by atoms with Crippen LogP contribution in [-0.4, -0.2) is 10.9 Å². The molecule has 18 heavy (non-hydrogen) atoms. The summed E-state index contributed by atoms with van der Waals surface area (Å²) in [4.78, 5) is 16.2. The van der Waals surface area contributed by atoms with Crippen LogP contribution in [0.4, 0.5) is 5.69 Å². The molecular formula is C14H16N2OS. The van der Waals surface area contributed by atoms with Crippen molar-refractivity contribution in [3.8, 4) is 0 Å². The average molecular weight is 260 g/mol. The number of hydrogen-bond donors (Lipinski definition) is 1. The molecule has 1 heterocycles. The number of benzene rings is 1. The van der Waals surface area contributed by atoms with Crippen LogP contribution in [0.15, 0.2) is 23.6 Å². The van der Waals surface area contributed by atoms with Gasteiger partial charge in [0.25, 0.3) is 0 Å². The Labute approximate surface area is 111 Å². The van der Waals surface area contributed by atoms with E-state index in [1.54, 1.807) is 0 Å². The quantitative estimate of drug-likeness (QED) is 0.920. The molecule has 0 saturated heterocycles. The predicted octanol–water partition coefficient (Wildman–Crippen LogP) is 3.25. The first-order valence-electron chi connectivity index (χ1n) is 5.82. The molecule has 0 radical (unpaired) electrons. The van der Waals surface area contributed by atoms with Gasteiger partial charge in [-0.15, -0.1) is 11.3 Å². The van der Waals surface area contributed by atoms with Gasteiger partial charge >= 0.3 is 0 Å². The Morgan fingerprint density at radius 1 is 1.22 bits per heavy atom. The second-order valence-corrected chi connectivity index (χ2v) is 5.43. The van der Waals surface area contributed by atoms with Crippen molar-refractivity contribution in [3.05, 3.63) is 45.4 Å². The molecule has 94 valence electrons. The average Bonchev–Trinajstić information content (AvgIpc) is 2.61. The summed E-state index contributed by atoms with van der Waals surface area (Å²) >= 11 is 1.52. The van der Waals surface area contributed by atoms with E-state index in [1.807, 2.05) is 38.3 Å². The summed E-state index contributed by atoms with van der Waals surface area (Å²) in [6, 6.07) is 6.02. The van der Waals surface area contributed by atoms with Gasteiger partial charge in [0.15, 0.2) is 0 Å². The van der Waals surface area contributed by atoms with Crippen molar-refractivity contribution in [2.24, 2.45) is 0 Å². The molecule has 0 bridgehead atoms. The van der Waals surface area contributed by atoms with Crippen molar-refractivity contribution in [1.29, 1.82) is 0 Å². The fourth-order valence-electron chi connectivity index (χ4n) is 1.87. The molecule has 0 saturated carbocycles. The third kappa shape index (κ3) is 3.40. The summed E-state index contributed by atoms with van der Waals surface area (Å²) in [5.41, 5.74) is 4.12. The van der Waals surface area contributed by atoms with Crippen LogP contribution >= 0.6 is 11.3 Å². The molecule has 2 aromatic rings. The molecule has 0 aliphatic rings. The number of carbonyl (C=O) groups is 1. The summed E-state index contributed by atoms with van der Waals surface area (Å²) in [5.74, 6) is -0.0191. The van der Waals surface area contributed by atoms with Crippen LogP contribution in [0.2, 0.25) is 0 Å². The number of amides is 1. The summed E-state index contributed by atoms with van der Waals surface area (Å²) < 4.78 is 0. The van der Waals surface area contributed by atoms with Crippen LogP contribution in [0, 0.1) is 20.8 Å². The number of carbonyl (C=O) groups excluding carboxylic acids is 1. The summed E-state index contributed by atoms with van der Waals surface area (Å²) in [6.45, 7) is 5.97. The lowest BCUT2D eigenvalue weighted by atomic mass is 10.1. The topological polar surface area (TPSA) is 42.0 Å². The molecule has 0 atom stereocenters. The monoisotopic (exact) mass is 260 g/mol. The van der Waals surface area contributed by atoms with E-state index in [0.717, 1.165) is 27.5 Å². The SMILES string of the molecule is Cc1cc(C)cc(NC(=O)Cc2nc(C)cs2)c1. The third-order valence-electron chi connectivity index (χ3n) is 2.48. The number of thiazole rings is 1. The molecule has 0 spiro atoms. The van der Waals surface area contributed by atoms with Gasteiger partial charge in [0.2, 0.25) is 5.91 Å². The van der Waals surface area contributed by atoms with E-state index in [2.05, 4.69) is 16.4 Å². The minimum absolute atomic E-state index is 0.0191. The molecule has 1 aromatic heterocycles. The third-order valence-corrected chi connectivity index (χ3v) is 3.45. The smallest absolute Gasteiger partial charge is 0.231 e. The van der Waals surface area contributed by atoms with Gasteiger partial charge in [-0.25, -0.2) is 4.98 Å². The van der Waals surface area contributed by atoms with Crippen LogP contribution < -0.4 is 5.32 Å². The van der Waals surface area contributed by atoms with Crippen molar-refractivity contribution in [2.75, 3.05) is 5.32 Å². The van der Waals surface area contributed by atoms with Crippen LogP contribution in [0.5, 0.6) is 0 Å². The van der Waals surface area contributed by atoms with E-state index in [0.29, 0.717) is 6.42 Å². The van der Waals surface area contributed by atoms with Crippen molar-refractivity contribution < 1.29 is 4.79 Å². The molecule has 1 amide bonds. The van der Waals surface area contributed by atoms with Crippen LogP contribution in [0.3, 0.4) is 0 Å². The summed E-state index contributed by atoms with van der Waals surface area (Å²) in [6.07, 6.45) is 0.339. The lowest BCUT2D eigenvalue weighted by Crippen LogP contribution is -2.14. The Bertz CT molecular complexity index is 555. The molecule has 3 nitrogen and oxygen atoms in total. The minimum atomic E-state index is -0.0191. The Morgan fingerprint density at radius 2 is 1.89 bits per heavy atom. The van der Waals surface area contributed by atoms with Gasteiger partial charge in [0, 0.05) is 16.8 Å². The molecular weight excluding hydrogens is 244 g/mol. The van der Waals surface area contributed by atoms with Gasteiger partial charge in [-0.05, 0) is 44.0 Å². The van der Waals surface area contributed by atoms with E-state index in [-0.39, 0.29) is 5.91 Å². The summed E-state index contributed by atoms with van der Waals surface area (Å²) in [7, 11) is 0. The Morgan fingerprint density at radius 3 is 2.44 bits per heavy atom. The lowest BCUT2D eigenvalue weighted by Gasteiger charge is -2.06. The first-order valence-corrected chi connectivity index (χ1v) is 6.70. The zero-order chi connectivity index (χ0) is 13.1. The number of rotatable bonds is 3. The Hall–Kier alpha value is -1.68. The highest BCUT2D eigenvalue weighted by Gasteiger charge is 2.07. The van der Waals surface area contributed by atoms with Gasteiger partial charge in [-0.3, -0.25) is 4.79 Å². The largest absolute Gasteiger partial charge is 0.326 e. The predicted molar refractivity (Wildman–Crippen MR) is 75.1 cm³/mol. The number of aryl methyl sites for hydroxylation is 3. The van der Waals surface area contributed by atoms with Crippen LogP contribution in [-0.2, 0) is 11.2 Å². The maximum atomic E-state index is 11.9. The molecule has 4 heteroatoms. The van der Waals surface area contributed by atoms with Gasteiger partial charge < -0.3 is 5.32 Å². The van der Waals surface area contributed by atoms with Gasteiger partial charge in [0.05, 0.1) is 6.42 Å². The first-order chi connectivity index (χ1) is 8.52. The fourth-order valence-corrected chi connectivity index (χ4v) is 2.64. The highest BCUT2D eigenvalue weighted by Crippen LogP contribution is 2.15. The van der Waals surface area contributed by atoms with Gasteiger partial charge in [0.1, 0.15) is 5.01 Å². The fraction of sp³-hybridized carbons (Fsp3) is 0.286. The highest BCUT2D eigenvalue weighted by atomic mass is 32.1. The summed E-state index contributed by atoms with van der Waals surface area (Å²) in [5, 5.41) is 5.72. The molecule has 0 unspecified atom stereocenters. The first kappa shape index (κ1) is 12.8. The van der Waals surface area contributed by atoms with E-state index in [4.69, 9.17) is 0 Å². The van der Waals surface area contributed by atoms with Crippen LogP contribution in [0.1, 0.15) is 21.8 Å². The van der Waals surface area contributed by atoms with E-state index in [9.17, 15) is 4.79 Å². The van der Waals surface area contributed by atoms with Crippen LogP contribution in [0.25, 0.3) is 0 Å². The zero-order valence-electron chi connectivity index (χ0n) is 10.8. The van der Waals surface area contributed by atoms with E-state index >= 15 is 0 Å². The number of nitrogens with one attached hydrogen (secondary N) is 1. The molecule has 1 N–H and O–H groups in total. The normalized spacial score (nSPS) is 10.4. The Balaban J connectivity index is 2.02. The number of aromatic nitrogens is 1. The minimum Gasteiger partial charge on any atom is -0.326 e. The number of hydrogen-bond acceptors (Lipinski definition) is 3. The van der Waals surface area contributed by atoms with Crippen molar-refractivity contribution in [3.63, 3.8) is 0 Å². The second kappa shape index (κ2) is 5.31. The van der Waals surface area contributed by atoms with Crippen molar-refractivity contribution >= 4 is 22.9 Å². The molecule has 0 fully saturated rings.